The number of carbonyl (C=O) groups is 1. The van der Waals surface area contributed by atoms with Crippen molar-refractivity contribution in [2.45, 2.75) is 75.0 Å². The van der Waals surface area contributed by atoms with Crippen LogP contribution in [0.15, 0.2) is 0 Å². The first-order valence-electron chi connectivity index (χ1n) is 8.30. The molecule has 1 saturated carbocycles. The summed E-state index contributed by atoms with van der Waals surface area (Å²) in [5.74, 6) is -0.0622. The molecular weight excluding hydrogens is 286 g/mol. The second kappa shape index (κ2) is 7.84. The molecule has 1 heterocycles. The van der Waals surface area contributed by atoms with Crippen molar-refractivity contribution in [3.63, 3.8) is 0 Å². The van der Waals surface area contributed by atoms with Gasteiger partial charge in [-0.2, -0.15) is 11.8 Å². The number of likely N-dealkylation sites (N-methyl/N-ethyl adjacent to an activating group) is 1. The maximum atomic E-state index is 12.4. The summed E-state index contributed by atoms with van der Waals surface area (Å²) in [6.45, 7) is 8.24. The van der Waals surface area contributed by atoms with Crippen LogP contribution in [0.5, 0.6) is 0 Å². The third kappa shape index (κ3) is 4.14. The first-order chi connectivity index (χ1) is 10.1. The minimum absolute atomic E-state index is 0.0622. The largest absolute Gasteiger partial charge is 0.465 e. The van der Waals surface area contributed by atoms with E-state index >= 15 is 0 Å². The lowest BCUT2D eigenvalue weighted by atomic mass is 9.81. The van der Waals surface area contributed by atoms with E-state index in [4.69, 9.17) is 9.47 Å². The molecule has 4 nitrogen and oxygen atoms in total. The average molecular weight is 315 g/mol. The molecule has 0 aromatic rings. The third-order valence-electron chi connectivity index (χ3n) is 4.56. The number of hydrogen-bond acceptors (Lipinski definition) is 5. The Labute approximate surface area is 132 Å². The van der Waals surface area contributed by atoms with Crippen LogP contribution in [0.3, 0.4) is 0 Å². The van der Waals surface area contributed by atoms with Gasteiger partial charge in [-0.3, -0.25) is 4.79 Å². The van der Waals surface area contributed by atoms with E-state index in [2.05, 4.69) is 19.2 Å². The lowest BCUT2D eigenvalue weighted by Crippen LogP contribution is -2.56. The Morgan fingerprint density at radius 3 is 2.86 bits per heavy atom. The van der Waals surface area contributed by atoms with Gasteiger partial charge >= 0.3 is 5.97 Å². The van der Waals surface area contributed by atoms with Crippen LogP contribution in [0.1, 0.15) is 52.9 Å². The quantitative estimate of drug-likeness (QED) is 0.764. The van der Waals surface area contributed by atoms with Crippen molar-refractivity contribution < 1.29 is 14.3 Å². The van der Waals surface area contributed by atoms with Crippen LogP contribution in [0.25, 0.3) is 0 Å². The first-order valence-corrected chi connectivity index (χ1v) is 9.25. The summed E-state index contributed by atoms with van der Waals surface area (Å²) < 4.78 is 11.0. The zero-order valence-corrected chi connectivity index (χ0v) is 14.3. The van der Waals surface area contributed by atoms with Gasteiger partial charge in [0.1, 0.15) is 5.54 Å². The van der Waals surface area contributed by atoms with Gasteiger partial charge < -0.3 is 14.8 Å². The highest BCUT2D eigenvalue weighted by atomic mass is 32.2. The smallest absolute Gasteiger partial charge is 0.326 e. The van der Waals surface area contributed by atoms with Crippen LogP contribution >= 0.6 is 11.8 Å². The Balaban J connectivity index is 2.00. The van der Waals surface area contributed by atoms with Crippen molar-refractivity contribution in [1.29, 1.82) is 0 Å². The predicted octanol–water partition coefficient (Wildman–Crippen LogP) is 2.75. The van der Waals surface area contributed by atoms with E-state index in [0.717, 1.165) is 38.8 Å². The Kier molecular flexibility index (Phi) is 6.38. The van der Waals surface area contributed by atoms with Gasteiger partial charge in [-0.15, -0.1) is 0 Å². The summed E-state index contributed by atoms with van der Waals surface area (Å²) in [4.78, 5) is 12.4. The molecule has 2 fully saturated rings. The predicted molar refractivity (Wildman–Crippen MR) is 86.7 cm³/mol. The lowest BCUT2D eigenvalue weighted by molar-refractivity contribution is -0.152. The molecule has 1 saturated heterocycles. The molecule has 4 atom stereocenters. The average Bonchev–Trinajstić information content (AvgIpc) is 2.85. The Hall–Kier alpha value is -0.260. The van der Waals surface area contributed by atoms with Gasteiger partial charge in [0.25, 0.3) is 0 Å². The molecule has 0 bridgehead atoms. The van der Waals surface area contributed by atoms with Crippen molar-refractivity contribution >= 4 is 17.7 Å². The molecule has 2 aliphatic rings. The summed E-state index contributed by atoms with van der Waals surface area (Å²) in [7, 11) is 0. The number of thioether (sulfide) groups is 1. The molecule has 5 heteroatoms. The molecule has 0 spiro atoms. The van der Waals surface area contributed by atoms with E-state index in [1.54, 1.807) is 0 Å². The van der Waals surface area contributed by atoms with Gasteiger partial charge in [-0.1, -0.05) is 6.92 Å². The molecule has 0 aromatic heterocycles. The van der Waals surface area contributed by atoms with Crippen molar-refractivity contribution in [1.82, 2.24) is 5.32 Å². The molecule has 1 aliphatic carbocycles. The van der Waals surface area contributed by atoms with Crippen LogP contribution in [0.4, 0.5) is 0 Å². The topological polar surface area (TPSA) is 47.6 Å². The van der Waals surface area contributed by atoms with Gasteiger partial charge in [0.2, 0.25) is 0 Å². The molecule has 0 radical (unpaired) electrons. The van der Waals surface area contributed by atoms with E-state index in [1.807, 2.05) is 18.7 Å². The standard InChI is InChI=1S/C16H29NO3S/c1-4-17-16(15(18)19-5-2)9-6-7-13(11-16)21-14-8-10-20-12(14)3/h12-14,17H,4-11H2,1-3H3. The van der Waals surface area contributed by atoms with Crippen LogP contribution in [0, 0.1) is 0 Å². The fourth-order valence-corrected chi connectivity index (χ4v) is 5.21. The lowest BCUT2D eigenvalue weighted by Gasteiger charge is -2.40. The van der Waals surface area contributed by atoms with Crippen molar-refractivity contribution in [3.05, 3.63) is 0 Å². The Morgan fingerprint density at radius 1 is 1.43 bits per heavy atom. The van der Waals surface area contributed by atoms with Gasteiger partial charge in [-0.25, -0.2) is 0 Å². The summed E-state index contributed by atoms with van der Waals surface area (Å²) in [5, 5.41) is 4.53. The molecule has 0 aromatic carbocycles. The molecule has 2 rings (SSSR count). The third-order valence-corrected chi connectivity index (χ3v) is 6.32. The number of ether oxygens (including phenoxy) is 2. The highest BCUT2D eigenvalue weighted by Gasteiger charge is 2.44. The van der Waals surface area contributed by atoms with E-state index in [0.29, 0.717) is 23.2 Å². The van der Waals surface area contributed by atoms with E-state index in [-0.39, 0.29) is 5.97 Å². The van der Waals surface area contributed by atoms with E-state index in [9.17, 15) is 4.79 Å². The molecule has 0 amide bonds. The maximum absolute atomic E-state index is 12.4. The number of nitrogens with one attached hydrogen (secondary N) is 1. The molecule has 21 heavy (non-hydrogen) atoms. The van der Waals surface area contributed by atoms with E-state index in [1.165, 1.54) is 6.42 Å². The maximum Gasteiger partial charge on any atom is 0.326 e. The number of hydrogen-bond donors (Lipinski definition) is 1. The minimum Gasteiger partial charge on any atom is -0.465 e. The molecule has 122 valence electrons. The van der Waals surface area contributed by atoms with Crippen molar-refractivity contribution in [3.8, 4) is 0 Å². The zero-order chi connectivity index (χ0) is 15.3. The second-order valence-electron chi connectivity index (χ2n) is 6.09. The van der Waals surface area contributed by atoms with Crippen LogP contribution in [0.2, 0.25) is 0 Å². The van der Waals surface area contributed by atoms with Gasteiger partial charge in [0, 0.05) is 17.1 Å². The fourth-order valence-electron chi connectivity index (χ4n) is 3.50. The number of esters is 1. The highest BCUT2D eigenvalue weighted by Crippen LogP contribution is 2.40. The van der Waals surface area contributed by atoms with Gasteiger partial charge in [-0.05, 0) is 52.5 Å². The van der Waals surface area contributed by atoms with E-state index < -0.39 is 5.54 Å². The molecule has 1 aliphatic heterocycles. The van der Waals surface area contributed by atoms with Crippen LogP contribution in [-0.4, -0.2) is 47.9 Å². The SMILES string of the molecule is CCNC1(C(=O)OCC)CCCC(SC2CCOC2C)C1. The monoisotopic (exact) mass is 315 g/mol. The summed E-state index contributed by atoms with van der Waals surface area (Å²) in [5.41, 5.74) is -0.469. The van der Waals surface area contributed by atoms with Gasteiger partial charge in [0.05, 0.1) is 12.7 Å². The second-order valence-corrected chi connectivity index (χ2v) is 7.63. The highest BCUT2D eigenvalue weighted by molar-refractivity contribution is 8.00. The van der Waals surface area contributed by atoms with Gasteiger partial charge in [0.15, 0.2) is 0 Å². The Morgan fingerprint density at radius 2 is 2.24 bits per heavy atom. The van der Waals surface area contributed by atoms with Crippen LogP contribution in [-0.2, 0) is 14.3 Å². The van der Waals surface area contributed by atoms with Crippen LogP contribution < -0.4 is 5.32 Å². The molecule has 4 unspecified atom stereocenters. The summed E-state index contributed by atoms with van der Waals surface area (Å²) in [6, 6.07) is 0. The van der Waals surface area contributed by atoms with Crippen molar-refractivity contribution in [2.75, 3.05) is 19.8 Å². The first kappa shape index (κ1) is 17.1. The normalized spacial score (nSPS) is 36.6. The summed E-state index contributed by atoms with van der Waals surface area (Å²) >= 11 is 2.03. The van der Waals surface area contributed by atoms with Crippen molar-refractivity contribution in [2.24, 2.45) is 0 Å². The molecule has 1 N–H and O–H groups in total. The number of rotatable bonds is 6. The number of carbonyl (C=O) groups excluding carboxylic acids is 1. The zero-order valence-electron chi connectivity index (χ0n) is 13.5. The fraction of sp³-hybridized carbons (Fsp3) is 0.938. The minimum atomic E-state index is -0.469. The molecular formula is C16H29NO3S. The Bertz CT molecular complexity index is 348. The summed E-state index contributed by atoms with van der Waals surface area (Å²) in [6.07, 6.45) is 5.54.